The number of nitrogens with one attached hydrogen (secondary N) is 3. The number of nitrogens with zero attached hydrogens (tertiary/aromatic N) is 1. The minimum absolute atomic E-state index is 0.467. The number of anilines is 4. The van der Waals surface area contributed by atoms with Crippen molar-refractivity contribution in [2.75, 3.05) is 23.0 Å². The molecule has 2 rings (SSSR count). The van der Waals surface area contributed by atoms with Crippen LogP contribution in [0.25, 0.3) is 0 Å². The maximum atomic E-state index is 10.4. The highest BCUT2D eigenvalue weighted by Crippen LogP contribution is 2.24. The molecular weight excluding hydrogens is 252 g/mol. The number of carbonyl (C=O) groups excluding carboxylic acids is 1. The lowest BCUT2D eigenvalue weighted by atomic mass is 10.1. The molecule has 5 heteroatoms. The van der Waals surface area contributed by atoms with Crippen LogP contribution < -0.4 is 16.0 Å². The van der Waals surface area contributed by atoms with Crippen LogP contribution in [0.15, 0.2) is 42.5 Å². The highest BCUT2D eigenvalue weighted by Gasteiger charge is 2.04. The van der Waals surface area contributed by atoms with Crippen molar-refractivity contribution in [2.45, 2.75) is 0 Å². The van der Waals surface area contributed by atoms with E-state index in [2.05, 4.69) is 22.0 Å². The van der Waals surface area contributed by atoms with E-state index in [1.165, 1.54) is 0 Å². The molecule has 0 heterocycles. The van der Waals surface area contributed by atoms with Gasteiger partial charge in [0.2, 0.25) is 6.41 Å². The summed E-state index contributed by atoms with van der Waals surface area (Å²) in [5.74, 6) is 0. The molecule has 1 amide bonds. The van der Waals surface area contributed by atoms with Crippen LogP contribution >= 0.6 is 0 Å². The standard InChI is InChI=1S/C15H14N4O/c1-17-12-2-4-13(5-3-12)19-15-7-6-14(18-10-20)8-11(15)9-16/h2-8,10,17,19H,1H3,(H,18,20). The van der Waals surface area contributed by atoms with Gasteiger partial charge in [0.1, 0.15) is 6.07 Å². The van der Waals surface area contributed by atoms with E-state index in [1.54, 1.807) is 18.2 Å². The summed E-state index contributed by atoms with van der Waals surface area (Å²) in [6.45, 7) is 0. The van der Waals surface area contributed by atoms with E-state index in [0.29, 0.717) is 23.3 Å². The topological polar surface area (TPSA) is 76.9 Å². The van der Waals surface area contributed by atoms with E-state index >= 15 is 0 Å². The molecular formula is C15H14N4O. The van der Waals surface area contributed by atoms with Gasteiger partial charge in [0.15, 0.2) is 0 Å². The largest absolute Gasteiger partial charge is 0.388 e. The monoisotopic (exact) mass is 266 g/mol. The maximum absolute atomic E-state index is 10.4. The van der Waals surface area contributed by atoms with E-state index in [4.69, 9.17) is 5.26 Å². The average Bonchev–Trinajstić information content (AvgIpc) is 2.50. The molecule has 0 aliphatic carbocycles. The fourth-order valence-corrected chi connectivity index (χ4v) is 1.78. The Labute approximate surface area is 117 Å². The van der Waals surface area contributed by atoms with Crippen molar-refractivity contribution in [1.82, 2.24) is 0 Å². The van der Waals surface area contributed by atoms with E-state index in [1.807, 2.05) is 31.3 Å². The Hall–Kier alpha value is -3.00. The van der Waals surface area contributed by atoms with Crippen LogP contribution in [-0.4, -0.2) is 13.5 Å². The maximum Gasteiger partial charge on any atom is 0.211 e. The molecule has 0 bridgehead atoms. The molecule has 0 fully saturated rings. The number of amides is 1. The van der Waals surface area contributed by atoms with Gasteiger partial charge in [-0.1, -0.05) is 0 Å². The minimum Gasteiger partial charge on any atom is -0.388 e. The lowest BCUT2D eigenvalue weighted by Gasteiger charge is -2.10. The molecule has 0 unspecified atom stereocenters. The summed E-state index contributed by atoms with van der Waals surface area (Å²) in [7, 11) is 1.86. The van der Waals surface area contributed by atoms with Crippen molar-refractivity contribution in [3.05, 3.63) is 48.0 Å². The Morgan fingerprint density at radius 1 is 1.05 bits per heavy atom. The van der Waals surface area contributed by atoms with Crippen molar-refractivity contribution in [2.24, 2.45) is 0 Å². The summed E-state index contributed by atoms with van der Waals surface area (Å²) in [5.41, 5.74) is 3.65. The van der Waals surface area contributed by atoms with Gasteiger partial charge >= 0.3 is 0 Å². The zero-order valence-electron chi connectivity index (χ0n) is 11.0. The molecule has 100 valence electrons. The van der Waals surface area contributed by atoms with E-state index in [-0.39, 0.29) is 0 Å². The Balaban J connectivity index is 2.23. The van der Waals surface area contributed by atoms with Gasteiger partial charge in [-0.15, -0.1) is 0 Å². The van der Waals surface area contributed by atoms with E-state index in [9.17, 15) is 4.79 Å². The lowest BCUT2D eigenvalue weighted by Crippen LogP contribution is -1.98. The summed E-state index contributed by atoms with van der Waals surface area (Å²) < 4.78 is 0. The normalized spacial score (nSPS) is 9.40. The fraction of sp³-hybridized carbons (Fsp3) is 0.0667. The first kappa shape index (κ1) is 13.4. The highest BCUT2D eigenvalue weighted by molar-refractivity contribution is 5.76. The number of rotatable bonds is 5. The van der Waals surface area contributed by atoms with Crippen molar-refractivity contribution in [3.8, 4) is 6.07 Å². The second-order valence-electron chi connectivity index (χ2n) is 4.09. The smallest absolute Gasteiger partial charge is 0.211 e. The zero-order valence-corrected chi connectivity index (χ0v) is 11.0. The lowest BCUT2D eigenvalue weighted by molar-refractivity contribution is -0.105. The Morgan fingerprint density at radius 2 is 1.70 bits per heavy atom. The van der Waals surface area contributed by atoms with Crippen molar-refractivity contribution in [1.29, 1.82) is 5.26 Å². The Bertz CT molecular complexity index is 644. The quantitative estimate of drug-likeness (QED) is 0.727. The molecule has 0 saturated heterocycles. The number of benzene rings is 2. The van der Waals surface area contributed by atoms with Gasteiger partial charge in [-0.3, -0.25) is 4.79 Å². The third-order valence-corrected chi connectivity index (χ3v) is 2.82. The van der Waals surface area contributed by atoms with Gasteiger partial charge in [-0.2, -0.15) is 5.26 Å². The number of hydrogen-bond donors (Lipinski definition) is 3. The first-order valence-corrected chi connectivity index (χ1v) is 6.06. The van der Waals surface area contributed by atoms with E-state index in [0.717, 1.165) is 11.4 Å². The molecule has 0 saturated carbocycles. The number of nitriles is 1. The summed E-state index contributed by atoms with van der Waals surface area (Å²) >= 11 is 0. The van der Waals surface area contributed by atoms with Crippen LogP contribution in [0, 0.1) is 11.3 Å². The molecule has 3 N–H and O–H groups in total. The average molecular weight is 266 g/mol. The predicted molar refractivity (Wildman–Crippen MR) is 80.1 cm³/mol. The summed E-state index contributed by atoms with van der Waals surface area (Å²) in [5, 5.41) is 17.9. The molecule has 2 aromatic carbocycles. The zero-order chi connectivity index (χ0) is 14.4. The molecule has 0 radical (unpaired) electrons. The van der Waals surface area contributed by atoms with Crippen LogP contribution in [0.2, 0.25) is 0 Å². The van der Waals surface area contributed by atoms with Crippen LogP contribution in [0.3, 0.4) is 0 Å². The van der Waals surface area contributed by atoms with Crippen molar-refractivity contribution >= 4 is 29.2 Å². The van der Waals surface area contributed by atoms with Gasteiger partial charge in [-0.25, -0.2) is 0 Å². The van der Waals surface area contributed by atoms with Crippen LogP contribution in [0.5, 0.6) is 0 Å². The summed E-state index contributed by atoms with van der Waals surface area (Å²) in [6, 6.07) is 15.0. The van der Waals surface area contributed by atoms with Gasteiger partial charge in [0.05, 0.1) is 11.3 Å². The molecule has 2 aromatic rings. The second-order valence-corrected chi connectivity index (χ2v) is 4.09. The highest BCUT2D eigenvalue weighted by atomic mass is 16.1. The molecule has 0 aromatic heterocycles. The first-order valence-electron chi connectivity index (χ1n) is 6.06. The second kappa shape index (κ2) is 6.25. The molecule has 5 nitrogen and oxygen atoms in total. The van der Waals surface area contributed by atoms with Gasteiger partial charge < -0.3 is 16.0 Å². The van der Waals surface area contributed by atoms with E-state index < -0.39 is 0 Å². The third-order valence-electron chi connectivity index (χ3n) is 2.82. The van der Waals surface area contributed by atoms with Crippen molar-refractivity contribution < 1.29 is 4.79 Å². The number of carbonyl (C=O) groups is 1. The SMILES string of the molecule is CNc1ccc(Nc2ccc(NC=O)cc2C#N)cc1. The minimum atomic E-state index is 0.467. The van der Waals surface area contributed by atoms with Crippen LogP contribution in [0.4, 0.5) is 22.7 Å². The number of hydrogen-bond acceptors (Lipinski definition) is 4. The summed E-state index contributed by atoms with van der Waals surface area (Å²) in [6.07, 6.45) is 0.583. The first-order chi connectivity index (χ1) is 9.76. The molecule has 0 atom stereocenters. The predicted octanol–water partition coefficient (Wildman–Crippen LogP) is 2.91. The molecule has 20 heavy (non-hydrogen) atoms. The Kier molecular flexibility index (Phi) is 4.20. The molecule has 0 aliphatic rings. The Morgan fingerprint density at radius 3 is 2.30 bits per heavy atom. The van der Waals surface area contributed by atoms with Gasteiger partial charge in [0.25, 0.3) is 0 Å². The van der Waals surface area contributed by atoms with Gasteiger partial charge in [-0.05, 0) is 42.5 Å². The van der Waals surface area contributed by atoms with Crippen LogP contribution in [0.1, 0.15) is 5.56 Å². The van der Waals surface area contributed by atoms with Crippen molar-refractivity contribution in [3.63, 3.8) is 0 Å². The summed E-state index contributed by atoms with van der Waals surface area (Å²) in [4.78, 5) is 10.4. The third kappa shape index (κ3) is 3.06. The molecule has 0 spiro atoms. The molecule has 0 aliphatic heterocycles. The fourth-order valence-electron chi connectivity index (χ4n) is 1.78. The van der Waals surface area contributed by atoms with Crippen LogP contribution in [-0.2, 0) is 4.79 Å². The van der Waals surface area contributed by atoms with Gasteiger partial charge in [0, 0.05) is 24.1 Å².